The third-order valence-electron chi connectivity index (χ3n) is 3.39. The lowest BCUT2D eigenvalue weighted by molar-refractivity contribution is -0.252. The van der Waals surface area contributed by atoms with Gasteiger partial charge in [-0.05, 0) is 25.0 Å². The Balaban J connectivity index is 2.25. The van der Waals surface area contributed by atoms with E-state index in [-0.39, 0.29) is 13.1 Å². The number of carbonyl (C=O) groups is 1. The van der Waals surface area contributed by atoms with Crippen molar-refractivity contribution in [3.05, 3.63) is 30.1 Å². The Morgan fingerprint density at radius 2 is 1.86 bits per heavy atom. The van der Waals surface area contributed by atoms with Gasteiger partial charge < -0.3 is 10.0 Å². The van der Waals surface area contributed by atoms with E-state index in [0.717, 1.165) is 12.3 Å². The molecule has 8 heteroatoms. The number of nitrogens with zero attached hydrogens (tertiary/aromatic N) is 2. The van der Waals surface area contributed by atoms with Crippen LogP contribution in [-0.2, 0) is 4.79 Å². The monoisotopic (exact) mass is 306 g/mol. The van der Waals surface area contributed by atoms with Crippen LogP contribution in [0.3, 0.4) is 0 Å². The smallest absolute Gasteiger partial charge is 0.380 e. The van der Waals surface area contributed by atoms with E-state index < -0.39 is 29.6 Å². The van der Waals surface area contributed by atoms with E-state index in [1.165, 1.54) is 12.1 Å². The van der Waals surface area contributed by atoms with Crippen LogP contribution in [-0.4, -0.2) is 45.8 Å². The molecule has 1 aliphatic rings. The van der Waals surface area contributed by atoms with Crippen LogP contribution in [0.25, 0.3) is 0 Å². The highest BCUT2D eigenvalue weighted by atomic mass is 19.3. The molecule has 0 aliphatic carbocycles. The van der Waals surface area contributed by atoms with E-state index in [2.05, 4.69) is 4.98 Å². The lowest BCUT2D eigenvalue weighted by Gasteiger charge is -2.31. The summed E-state index contributed by atoms with van der Waals surface area (Å²) >= 11 is 0. The third-order valence-corrected chi connectivity index (χ3v) is 3.39. The van der Waals surface area contributed by atoms with Gasteiger partial charge in [0, 0.05) is 19.3 Å². The van der Waals surface area contributed by atoms with Gasteiger partial charge >= 0.3 is 11.8 Å². The predicted octanol–water partition coefficient (Wildman–Crippen LogP) is 2.01. The van der Waals surface area contributed by atoms with Gasteiger partial charge in [0.2, 0.25) is 0 Å². The molecular formula is C13H14F4N2O2. The van der Waals surface area contributed by atoms with Crippen LogP contribution in [0, 0.1) is 0 Å². The fourth-order valence-corrected chi connectivity index (χ4v) is 2.16. The minimum absolute atomic E-state index is 0.0180. The van der Waals surface area contributed by atoms with Crippen molar-refractivity contribution < 1.29 is 27.5 Å². The van der Waals surface area contributed by atoms with Crippen LogP contribution >= 0.6 is 0 Å². The molecule has 1 aromatic rings. The summed E-state index contributed by atoms with van der Waals surface area (Å²) in [6.07, 6.45) is -0.776. The number of aromatic nitrogens is 1. The van der Waals surface area contributed by atoms with Gasteiger partial charge in [0.25, 0.3) is 5.91 Å². The summed E-state index contributed by atoms with van der Waals surface area (Å²) in [6.45, 7) is 0.0361. The molecule has 1 atom stereocenters. The molecule has 21 heavy (non-hydrogen) atoms. The number of hydrogen-bond acceptors (Lipinski definition) is 3. The van der Waals surface area contributed by atoms with Crippen LogP contribution in [0.5, 0.6) is 0 Å². The van der Waals surface area contributed by atoms with Crippen LogP contribution in [0.2, 0.25) is 0 Å². The molecule has 0 aromatic carbocycles. The lowest BCUT2D eigenvalue weighted by atomic mass is 10.0. The van der Waals surface area contributed by atoms with Crippen LogP contribution in [0.15, 0.2) is 24.4 Å². The Kier molecular flexibility index (Phi) is 4.18. The second-order valence-electron chi connectivity index (χ2n) is 4.85. The Bertz CT molecular complexity index is 504. The van der Waals surface area contributed by atoms with Crippen LogP contribution < -0.4 is 0 Å². The number of aliphatic hydroxyl groups excluding tert-OH is 1. The molecule has 1 unspecified atom stereocenters. The van der Waals surface area contributed by atoms with Crippen LogP contribution in [0.4, 0.5) is 17.6 Å². The first-order valence-electron chi connectivity index (χ1n) is 6.42. The minimum Gasteiger partial charge on any atom is -0.380 e. The zero-order chi connectivity index (χ0) is 15.7. The summed E-state index contributed by atoms with van der Waals surface area (Å²) in [5, 5.41) is 9.51. The van der Waals surface area contributed by atoms with Crippen molar-refractivity contribution in [3.63, 3.8) is 0 Å². The first-order chi connectivity index (χ1) is 9.78. The summed E-state index contributed by atoms with van der Waals surface area (Å²) < 4.78 is 55.5. The zero-order valence-corrected chi connectivity index (χ0v) is 11.0. The predicted molar refractivity (Wildman–Crippen MR) is 64.9 cm³/mol. The first kappa shape index (κ1) is 15.7. The fraction of sp³-hybridized carbons (Fsp3) is 0.538. The standard InChI is InChI=1S/C13H14F4N2O2/c14-12(15,10(20)9-5-1-2-6-18-9)13(16,17)11(21)19-7-3-4-8-19/h1-2,5-6,10,20H,3-4,7-8H2. The van der Waals surface area contributed by atoms with Gasteiger partial charge in [0.05, 0.1) is 5.69 Å². The number of halogens is 4. The Morgan fingerprint density at radius 1 is 1.24 bits per heavy atom. The zero-order valence-electron chi connectivity index (χ0n) is 11.0. The first-order valence-corrected chi connectivity index (χ1v) is 6.42. The maximum Gasteiger partial charge on any atom is 0.389 e. The molecule has 1 aliphatic heterocycles. The van der Waals surface area contributed by atoms with Crippen molar-refractivity contribution in [3.8, 4) is 0 Å². The van der Waals surface area contributed by atoms with E-state index in [9.17, 15) is 27.5 Å². The summed E-state index contributed by atoms with van der Waals surface area (Å²) in [7, 11) is 0. The highest BCUT2D eigenvalue weighted by molar-refractivity contribution is 5.85. The molecule has 2 heterocycles. The number of hydrogen-bond donors (Lipinski definition) is 1. The molecule has 0 saturated carbocycles. The van der Waals surface area contributed by atoms with Crippen molar-refractivity contribution in [1.82, 2.24) is 9.88 Å². The SMILES string of the molecule is O=C(N1CCCC1)C(F)(F)C(F)(F)C(O)c1ccccn1. The normalized spacial score (nSPS) is 17.9. The lowest BCUT2D eigenvalue weighted by Crippen LogP contribution is -2.55. The van der Waals surface area contributed by atoms with Crippen molar-refractivity contribution in [1.29, 1.82) is 0 Å². The molecule has 116 valence electrons. The van der Waals surface area contributed by atoms with E-state index in [4.69, 9.17) is 0 Å². The number of pyridine rings is 1. The number of aliphatic hydroxyl groups is 1. The van der Waals surface area contributed by atoms with Gasteiger partial charge in [-0.2, -0.15) is 17.6 Å². The van der Waals surface area contributed by atoms with E-state index in [1.807, 2.05) is 0 Å². The maximum atomic E-state index is 13.9. The molecule has 4 nitrogen and oxygen atoms in total. The highest BCUT2D eigenvalue weighted by Gasteiger charge is 2.67. The average molecular weight is 306 g/mol. The second-order valence-corrected chi connectivity index (χ2v) is 4.85. The van der Waals surface area contributed by atoms with Gasteiger partial charge in [0.15, 0.2) is 6.10 Å². The van der Waals surface area contributed by atoms with E-state index >= 15 is 0 Å². The van der Waals surface area contributed by atoms with Gasteiger partial charge in [0.1, 0.15) is 0 Å². The maximum absolute atomic E-state index is 13.9. The largest absolute Gasteiger partial charge is 0.389 e. The molecule has 1 aromatic heterocycles. The molecule has 0 bridgehead atoms. The summed E-state index contributed by atoms with van der Waals surface area (Å²) in [6, 6.07) is 3.67. The van der Waals surface area contributed by atoms with Gasteiger partial charge in [-0.1, -0.05) is 6.07 Å². The molecule has 1 saturated heterocycles. The quantitative estimate of drug-likeness (QED) is 0.866. The van der Waals surface area contributed by atoms with E-state index in [1.54, 1.807) is 0 Å². The molecule has 1 fully saturated rings. The Labute approximate surface area is 118 Å². The number of rotatable bonds is 4. The molecule has 2 rings (SSSR count). The molecule has 1 N–H and O–H groups in total. The number of alkyl halides is 4. The van der Waals surface area contributed by atoms with Crippen molar-refractivity contribution in [2.45, 2.75) is 30.8 Å². The molecule has 0 spiro atoms. The topological polar surface area (TPSA) is 53.4 Å². The van der Waals surface area contributed by atoms with Gasteiger partial charge in [-0.25, -0.2) is 0 Å². The number of amides is 1. The Hall–Kier alpha value is -1.70. The van der Waals surface area contributed by atoms with E-state index in [0.29, 0.717) is 17.7 Å². The molecular weight excluding hydrogens is 292 g/mol. The average Bonchev–Trinajstić information content (AvgIpc) is 3.00. The third kappa shape index (κ3) is 2.72. The van der Waals surface area contributed by atoms with Gasteiger partial charge in [-0.15, -0.1) is 0 Å². The number of carbonyl (C=O) groups excluding carboxylic acids is 1. The summed E-state index contributed by atoms with van der Waals surface area (Å²) in [4.78, 5) is 15.7. The minimum atomic E-state index is -4.99. The summed E-state index contributed by atoms with van der Waals surface area (Å²) in [5.41, 5.74) is -0.614. The highest BCUT2D eigenvalue weighted by Crippen LogP contribution is 2.44. The molecule has 0 radical (unpaired) electrons. The van der Waals surface area contributed by atoms with Crippen molar-refractivity contribution in [2.24, 2.45) is 0 Å². The fourth-order valence-electron chi connectivity index (χ4n) is 2.16. The Morgan fingerprint density at radius 3 is 2.38 bits per heavy atom. The van der Waals surface area contributed by atoms with Crippen molar-refractivity contribution in [2.75, 3.05) is 13.1 Å². The number of likely N-dealkylation sites (tertiary alicyclic amines) is 1. The molecule has 1 amide bonds. The second kappa shape index (κ2) is 5.59. The van der Waals surface area contributed by atoms with Gasteiger partial charge in [-0.3, -0.25) is 9.78 Å². The van der Waals surface area contributed by atoms with Crippen molar-refractivity contribution >= 4 is 5.91 Å². The summed E-state index contributed by atoms with van der Waals surface area (Å²) in [5.74, 6) is -11.9. The van der Waals surface area contributed by atoms with Crippen LogP contribution in [0.1, 0.15) is 24.6 Å².